The molecule has 0 saturated heterocycles. The Labute approximate surface area is 105 Å². The molecule has 16 heavy (non-hydrogen) atoms. The van der Waals surface area contributed by atoms with Gasteiger partial charge in [0.25, 0.3) is 0 Å². The average Bonchev–Trinajstić information content (AvgIpc) is 2.26. The van der Waals surface area contributed by atoms with Crippen molar-refractivity contribution in [2.75, 3.05) is 0 Å². The Balaban J connectivity index is 2.65. The lowest BCUT2D eigenvalue weighted by atomic mass is 10.2. The molecule has 2 atom stereocenters. The van der Waals surface area contributed by atoms with Crippen LogP contribution in [0.5, 0.6) is 0 Å². The van der Waals surface area contributed by atoms with Crippen molar-refractivity contribution >= 4 is 23.4 Å². The summed E-state index contributed by atoms with van der Waals surface area (Å²) in [5, 5.41) is 18.8. The van der Waals surface area contributed by atoms with Gasteiger partial charge in [-0.25, -0.2) is 0 Å². The molecule has 0 heterocycles. The monoisotopic (exact) mass is 255 g/mol. The Morgan fingerprint density at radius 2 is 2.19 bits per heavy atom. The number of halogens is 1. The molecule has 0 aromatic heterocycles. The molecular formula is C12H14ClNOS. The molecule has 1 N–H and O–H groups in total. The second kappa shape index (κ2) is 6.15. The fourth-order valence-electron chi connectivity index (χ4n) is 1.09. The van der Waals surface area contributed by atoms with Crippen molar-refractivity contribution in [1.82, 2.24) is 0 Å². The first-order valence-electron chi connectivity index (χ1n) is 5.02. The van der Waals surface area contributed by atoms with E-state index in [1.54, 1.807) is 30.8 Å². The maximum atomic E-state index is 9.35. The second-order valence-electron chi connectivity index (χ2n) is 3.67. The number of hydrogen-bond donors (Lipinski definition) is 1. The van der Waals surface area contributed by atoms with Crippen molar-refractivity contribution in [2.24, 2.45) is 0 Å². The first kappa shape index (κ1) is 13.4. The van der Waals surface area contributed by atoms with E-state index in [1.165, 1.54) is 0 Å². The van der Waals surface area contributed by atoms with Crippen LogP contribution in [-0.4, -0.2) is 16.5 Å². The van der Waals surface area contributed by atoms with E-state index >= 15 is 0 Å². The highest BCUT2D eigenvalue weighted by molar-refractivity contribution is 7.99. The predicted molar refractivity (Wildman–Crippen MR) is 68.6 cm³/mol. The van der Waals surface area contributed by atoms with Gasteiger partial charge < -0.3 is 5.11 Å². The van der Waals surface area contributed by atoms with Gasteiger partial charge in [0.2, 0.25) is 0 Å². The molecule has 0 amide bonds. The molecule has 1 aromatic carbocycles. The van der Waals surface area contributed by atoms with Gasteiger partial charge in [-0.1, -0.05) is 24.6 Å². The van der Waals surface area contributed by atoms with E-state index in [0.29, 0.717) is 10.6 Å². The van der Waals surface area contributed by atoms with Gasteiger partial charge in [0.1, 0.15) is 0 Å². The third-order valence-electron chi connectivity index (χ3n) is 2.36. The summed E-state index contributed by atoms with van der Waals surface area (Å²) in [5.41, 5.74) is 1.57. The molecule has 0 spiro atoms. The number of rotatable bonds is 4. The number of hydrogen-bond acceptors (Lipinski definition) is 3. The van der Waals surface area contributed by atoms with E-state index in [-0.39, 0.29) is 11.4 Å². The minimum absolute atomic E-state index is 0.173. The molecule has 0 aliphatic heterocycles. The maximum absolute atomic E-state index is 9.35. The average molecular weight is 256 g/mol. The Morgan fingerprint density at radius 1 is 1.50 bits per heavy atom. The van der Waals surface area contributed by atoms with Crippen molar-refractivity contribution in [1.29, 1.82) is 5.26 Å². The molecule has 0 radical (unpaired) electrons. The molecule has 0 fully saturated rings. The van der Waals surface area contributed by atoms with Crippen LogP contribution in [0.3, 0.4) is 0 Å². The lowest BCUT2D eigenvalue weighted by molar-refractivity contribution is 0.196. The SMILES string of the molecule is CC(O)C(C)SCc1ccc(C#N)cc1Cl. The van der Waals surface area contributed by atoms with Crippen molar-refractivity contribution in [3.63, 3.8) is 0 Å². The fourth-order valence-corrected chi connectivity index (χ4v) is 2.39. The van der Waals surface area contributed by atoms with Crippen LogP contribution >= 0.6 is 23.4 Å². The van der Waals surface area contributed by atoms with Gasteiger partial charge in [-0.15, -0.1) is 0 Å². The van der Waals surface area contributed by atoms with Crippen molar-refractivity contribution in [3.05, 3.63) is 34.3 Å². The highest BCUT2D eigenvalue weighted by Gasteiger charge is 2.10. The smallest absolute Gasteiger partial charge is 0.0992 e. The molecule has 2 unspecified atom stereocenters. The van der Waals surface area contributed by atoms with Gasteiger partial charge in [-0.3, -0.25) is 0 Å². The van der Waals surface area contributed by atoms with Gasteiger partial charge in [-0.05, 0) is 24.6 Å². The molecule has 1 rings (SSSR count). The molecule has 0 aliphatic rings. The van der Waals surface area contributed by atoms with Crippen LogP contribution in [0.25, 0.3) is 0 Å². The van der Waals surface area contributed by atoms with Gasteiger partial charge >= 0.3 is 0 Å². The summed E-state index contributed by atoms with van der Waals surface area (Å²) < 4.78 is 0. The zero-order valence-electron chi connectivity index (χ0n) is 9.27. The molecule has 2 nitrogen and oxygen atoms in total. The lowest BCUT2D eigenvalue weighted by Gasteiger charge is -2.14. The van der Waals surface area contributed by atoms with Crippen molar-refractivity contribution < 1.29 is 5.11 Å². The summed E-state index contributed by atoms with van der Waals surface area (Å²) >= 11 is 7.69. The topological polar surface area (TPSA) is 44.0 Å². The number of aliphatic hydroxyl groups is 1. The zero-order valence-corrected chi connectivity index (χ0v) is 10.8. The van der Waals surface area contributed by atoms with Crippen LogP contribution in [-0.2, 0) is 5.75 Å². The number of benzene rings is 1. The predicted octanol–water partition coefficient (Wildman–Crippen LogP) is 3.21. The summed E-state index contributed by atoms with van der Waals surface area (Å²) in [6.45, 7) is 3.75. The summed E-state index contributed by atoms with van der Waals surface area (Å²) in [5.74, 6) is 0.747. The number of aliphatic hydroxyl groups excluding tert-OH is 1. The van der Waals surface area contributed by atoms with Gasteiger partial charge in [0.15, 0.2) is 0 Å². The summed E-state index contributed by atoms with van der Waals surface area (Å²) in [6, 6.07) is 7.34. The quantitative estimate of drug-likeness (QED) is 0.899. The summed E-state index contributed by atoms with van der Waals surface area (Å²) in [4.78, 5) is 0. The number of thioether (sulfide) groups is 1. The Morgan fingerprint density at radius 3 is 2.69 bits per heavy atom. The molecule has 86 valence electrons. The minimum Gasteiger partial charge on any atom is -0.392 e. The van der Waals surface area contributed by atoms with E-state index < -0.39 is 0 Å². The van der Waals surface area contributed by atoms with E-state index in [2.05, 4.69) is 0 Å². The van der Waals surface area contributed by atoms with Gasteiger partial charge in [-0.2, -0.15) is 17.0 Å². The molecule has 4 heteroatoms. The van der Waals surface area contributed by atoms with Crippen molar-refractivity contribution in [2.45, 2.75) is 31.0 Å². The van der Waals surface area contributed by atoms with Crippen LogP contribution in [0, 0.1) is 11.3 Å². The fraction of sp³-hybridized carbons (Fsp3) is 0.417. The van der Waals surface area contributed by atoms with Crippen LogP contribution in [0.15, 0.2) is 18.2 Å². The molecule has 0 aliphatic carbocycles. The van der Waals surface area contributed by atoms with Crippen molar-refractivity contribution in [3.8, 4) is 6.07 Å². The Kier molecular flexibility index (Phi) is 5.14. The summed E-state index contributed by atoms with van der Waals surface area (Å²) in [7, 11) is 0. The second-order valence-corrected chi connectivity index (χ2v) is 5.45. The molecule has 1 aromatic rings. The molecular weight excluding hydrogens is 242 g/mol. The van der Waals surface area contributed by atoms with Gasteiger partial charge in [0, 0.05) is 16.0 Å². The van der Waals surface area contributed by atoms with Gasteiger partial charge in [0.05, 0.1) is 17.7 Å². The maximum Gasteiger partial charge on any atom is 0.0992 e. The van der Waals surface area contributed by atoms with E-state index in [4.69, 9.17) is 16.9 Å². The van der Waals surface area contributed by atoms with E-state index in [0.717, 1.165) is 11.3 Å². The normalized spacial score (nSPS) is 14.2. The summed E-state index contributed by atoms with van der Waals surface area (Å²) in [6.07, 6.45) is -0.331. The molecule has 0 saturated carbocycles. The molecule has 0 bridgehead atoms. The standard InChI is InChI=1S/C12H14ClNOS/c1-8(15)9(2)16-7-11-4-3-10(6-14)5-12(11)13/h3-5,8-9,15H,7H2,1-2H3. The van der Waals surface area contributed by atoms with Crippen LogP contribution in [0.4, 0.5) is 0 Å². The highest BCUT2D eigenvalue weighted by atomic mass is 35.5. The van der Waals surface area contributed by atoms with Crippen LogP contribution in [0.1, 0.15) is 25.0 Å². The Bertz CT molecular complexity index is 400. The first-order valence-corrected chi connectivity index (χ1v) is 6.45. The van der Waals surface area contributed by atoms with E-state index in [1.807, 2.05) is 19.1 Å². The lowest BCUT2D eigenvalue weighted by Crippen LogP contribution is -2.15. The van der Waals surface area contributed by atoms with Crippen LogP contribution in [0.2, 0.25) is 5.02 Å². The zero-order chi connectivity index (χ0) is 12.1. The third-order valence-corrected chi connectivity index (χ3v) is 4.11. The number of nitrogens with zero attached hydrogens (tertiary/aromatic N) is 1. The Hall–Kier alpha value is -0.690. The minimum atomic E-state index is -0.331. The first-order chi connectivity index (χ1) is 7.54. The largest absolute Gasteiger partial charge is 0.392 e. The van der Waals surface area contributed by atoms with E-state index in [9.17, 15) is 5.11 Å². The highest BCUT2D eigenvalue weighted by Crippen LogP contribution is 2.25. The van der Waals surface area contributed by atoms with Crippen LogP contribution < -0.4 is 0 Å². The third kappa shape index (κ3) is 3.71. The number of nitriles is 1.